The van der Waals surface area contributed by atoms with E-state index in [2.05, 4.69) is 12.2 Å². The number of carbonyl (C=O) groups excluding carboxylic acids is 1. The number of aryl methyl sites for hydroxylation is 2. The van der Waals surface area contributed by atoms with Gasteiger partial charge in [-0.05, 0) is 42.7 Å². The molecule has 0 saturated carbocycles. The summed E-state index contributed by atoms with van der Waals surface area (Å²) in [7, 11) is 0. The number of ether oxygens (including phenoxy) is 1. The zero-order valence-corrected chi connectivity index (χ0v) is 12.6. The van der Waals surface area contributed by atoms with Crippen LogP contribution < -0.4 is 10.1 Å². The second-order valence-electron chi connectivity index (χ2n) is 5.05. The van der Waals surface area contributed by atoms with Gasteiger partial charge in [-0.1, -0.05) is 43.7 Å². The molecule has 0 radical (unpaired) electrons. The summed E-state index contributed by atoms with van der Waals surface area (Å²) < 4.78 is 5.52. The molecule has 3 nitrogen and oxygen atoms in total. The molecule has 0 fully saturated rings. The van der Waals surface area contributed by atoms with Crippen molar-refractivity contribution in [3.63, 3.8) is 0 Å². The molecule has 0 unspecified atom stereocenters. The average Bonchev–Trinajstić information content (AvgIpc) is 2.49. The van der Waals surface area contributed by atoms with Crippen molar-refractivity contribution in [2.75, 3.05) is 11.9 Å². The summed E-state index contributed by atoms with van der Waals surface area (Å²) in [6, 6.07) is 15.6. The van der Waals surface area contributed by atoms with E-state index in [1.54, 1.807) is 0 Å². The maximum Gasteiger partial charge on any atom is 0.262 e. The highest BCUT2D eigenvalue weighted by Gasteiger charge is 2.05. The first-order chi connectivity index (χ1) is 10.2. The Labute approximate surface area is 126 Å². The first-order valence-corrected chi connectivity index (χ1v) is 7.26. The van der Waals surface area contributed by atoms with Crippen molar-refractivity contribution in [3.05, 3.63) is 59.7 Å². The Hall–Kier alpha value is -2.29. The number of benzene rings is 2. The van der Waals surface area contributed by atoms with E-state index in [4.69, 9.17) is 4.74 Å². The van der Waals surface area contributed by atoms with Crippen molar-refractivity contribution < 1.29 is 9.53 Å². The lowest BCUT2D eigenvalue weighted by Gasteiger charge is -2.09. The highest BCUT2D eigenvalue weighted by molar-refractivity contribution is 5.91. The molecule has 1 amide bonds. The van der Waals surface area contributed by atoms with Crippen LogP contribution in [0.2, 0.25) is 0 Å². The summed E-state index contributed by atoms with van der Waals surface area (Å²) in [5.41, 5.74) is 3.11. The minimum Gasteiger partial charge on any atom is -0.483 e. The molecule has 2 aromatic rings. The maximum absolute atomic E-state index is 11.9. The number of rotatable bonds is 6. The van der Waals surface area contributed by atoms with Crippen LogP contribution in [0, 0.1) is 6.92 Å². The molecule has 0 atom stereocenters. The number of amides is 1. The SMILES string of the molecule is CCCc1ccc(NC(=O)COc2ccccc2C)cc1. The van der Waals surface area contributed by atoms with Crippen LogP contribution in [0.3, 0.4) is 0 Å². The van der Waals surface area contributed by atoms with Gasteiger partial charge in [0.05, 0.1) is 0 Å². The van der Waals surface area contributed by atoms with Gasteiger partial charge in [-0.15, -0.1) is 0 Å². The lowest BCUT2D eigenvalue weighted by molar-refractivity contribution is -0.118. The molecule has 0 saturated heterocycles. The molecule has 21 heavy (non-hydrogen) atoms. The molecular formula is C18H21NO2. The number of hydrogen-bond donors (Lipinski definition) is 1. The second-order valence-corrected chi connectivity index (χ2v) is 5.05. The summed E-state index contributed by atoms with van der Waals surface area (Å²) in [5, 5.41) is 2.84. The van der Waals surface area contributed by atoms with E-state index in [9.17, 15) is 4.79 Å². The maximum atomic E-state index is 11.9. The molecule has 2 aromatic carbocycles. The Bertz CT molecular complexity index is 590. The van der Waals surface area contributed by atoms with Crippen LogP contribution in [0.1, 0.15) is 24.5 Å². The summed E-state index contributed by atoms with van der Waals surface area (Å²) in [6.07, 6.45) is 2.18. The predicted molar refractivity (Wildman–Crippen MR) is 85.7 cm³/mol. The Balaban J connectivity index is 1.85. The van der Waals surface area contributed by atoms with Crippen LogP contribution in [0.15, 0.2) is 48.5 Å². The monoisotopic (exact) mass is 283 g/mol. The minimum atomic E-state index is -0.151. The second kappa shape index (κ2) is 7.48. The Morgan fingerprint density at radius 2 is 1.81 bits per heavy atom. The van der Waals surface area contributed by atoms with Crippen molar-refractivity contribution in [2.45, 2.75) is 26.7 Å². The zero-order chi connectivity index (χ0) is 15.1. The smallest absolute Gasteiger partial charge is 0.262 e. The number of hydrogen-bond acceptors (Lipinski definition) is 2. The Morgan fingerprint density at radius 1 is 1.10 bits per heavy atom. The van der Waals surface area contributed by atoms with Crippen LogP contribution in [-0.2, 0) is 11.2 Å². The van der Waals surface area contributed by atoms with Crippen LogP contribution in [0.25, 0.3) is 0 Å². The molecule has 3 heteroatoms. The summed E-state index contributed by atoms with van der Waals surface area (Å²) in [6.45, 7) is 4.12. The van der Waals surface area contributed by atoms with Gasteiger partial charge in [-0.3, -0.25) is 4.79 Å². The van der Waals surface area contributed by atoms with Gasteiger partial charge in [0.2, 0.25) is 0 Å². The third-order valence-corrected chi connectivity index (χ3v) is 3.23. The van der Waals surface area contributed by atoms with E-state index in [1.807, 2.05) is 55.5 Å². The van der Waals surface area contributed by atoms with Crippen LogP contribution >= 0.6 is 0 Å². The number of anilines is 1. The number of nitrogens with one attached hydrogen (secondary N) is 1. The number of carbonyl (C=O) groups is 1. The van der Waals surface area contributed by atoms with Gasteiger partial charge in [0.15, 0.2) is 6.61 Å². The van der Waals surface area contributed by atoms with Gasteiger partial charge in [0.25, 0.3) is 5.91 Å². The molecule has 0 aliphatic carbocycles. The van der Waals surface area contributed by atoms with E-state index in [-0.39, 0.29) is 12.5 Å². The van der Waals surface area contributed by atoms with Gasteiger partial charge in [0.1, 0.15) is 5.75 Å². The lowest BCUT2D eigenvalue weighted by Crippen LogP contribution is -2.20. The zero-order valence-electron chi connectivity index (χ0n) is 12.6. The fraction of sp³-hybridized carbons (Fsp3) is 0.278. The van der Waals surface area contributed by atoms with Gasteiger partial charge >= 0.3 is 0 Å². The third-order valence-electron chi connectivity index (χ3n) is 3.23. The van der Waals surface area contributed by atoms with E-state index >= 15 is 0 Å². The van der Waals surface area contributed by atoms with Crippen molar-refractivity contribution in [2.24, 2.45) is 0 Å². The summed E-state index contributed by atoms with van der Waals surface area (Å²) >= 11 is 0. The standard InChI is InChI=1S/C18H21NO2/c1-3-6-15-9-11-16(12-10-15)19-18(20)13-21-17-8-5-4-7-14(17)2/h4-5,7-12H,3,6,13H2,1-2H3,(H,19,20). The van der Waals surface area contributed by atoms with Crippen LogP contribution in [-0.4, -0.2) is 12.5 Å². The van der Waals surface area contributed by atoms with E-state index in [0.717, 1.165) is 29.8 Å². The predicted octanol–water partition coefficient (Wildman–Crippen LogP) is 3.97. The van der Waals surface area contributed by atoms with E-state index in [0.29, 0.717) is 0 Å². The summed E-state index contributed by atoms with van der Waals surface area (Å²) in [5.74, 6) is 0.590. The normalized spacial score (nSPS) is 10.2. The van der Waals surface area contributed by atoms with Crippen LogP contribution in [0.5, 0.6) is 5.75 Å². The third kappa shape index (κ3) is 4.63. The van der Waals surface area contributed by atoms with E-state index in [1.165, 1.54) is 5.56 Å². The molecular weight excluding hydrogens is 262 g/mol. The first-order valence-electron chi connectivity index (χ1n) is 7.26. The molecule has 1 N–H and O–H groups in total. The molecule has 0 bridgehead atoms. The fourth-order valence-corrected chi connectivity index (χ4v) is 2.10. The van der Waals surface area contributed by atoms with Gasteiger partial charge in [-0.25, -0.2) is 0 Å². The highest BCUT2D eigenvalue weighted by atomic mass is 16.5. The largest absolute Gasteiger partial charge is 0.483 e. The Morgan fingerprint density at radius 3 is 2.48 bits per heavy atom. The topological polar surface area (TPSA) is 38.3 Å². The highest BCUT2D eigenvalue weighted by Crippen LogP contribution is 2.16. The minimum absolute atomic E-state index is 0.0154. The van der Waals surface area contributed by atoms with Crippen molar-refractivity contribution >= 4 is 11.6 Å². The molecule has 0 aromatic heterocycles. The Kier molecular flexibility index (Phi) is 5.38. The van der Waals surface area contributed by atoms with Crippen molar-refractivity contribution in [3.8, 4) is 5.75 Å². The van der Waals surface area contributed by atoms with Gasteiger partial charge in [-0.2, -0.15) is 0 Å². The molecule has 2 rings (SSSR count). The lowest BCUT2D eigenvalue weighted by atomic mass is 10.1. The van der Waals surface area contributed by atoms with E-state index < -0.39 is 0 Å². The van der Waals surface area contributed by atoms with Gasteiger partial charge < -0.3 is 10.1 Å². The van der Waals surface area contributed by atoms with Crippen molar-refractivity contribution in [1.82, 2.24) is 0 Å². The first kappa shape index (κ1) is 15.1. The average molecular weight is 283 g/mol. The molecule has 110 valence electrons. The molecule has 0 spiro atoms. The molecule has 0 heterocycles. The molecule has 0 aliphatic heterocycles. The quantitative estimate of drug-likeness (QED) is 0.871. The van der Waals surface area contributed by atoms with Crippen molar-refractivity contribution in [1.29, 1.82) is 0 Å². The fourth-order valence-electron chi connectivity index (χ4n) is 2.10. The number of para-hydroxylation sites is 1. The summed E-state index contributed by atoms with van der Waals surface area (Å²) in [4.78, 5) is 11.9. The molecule has 0 aliphatic rings. The van der Waals surface area contributed by atoms with Crippen LogP contribution in [0.4, 0.5) is 5.69 Å². The van der Waals surface area contributed by atoms with Gasteiger partial charge in [0, 0.05) is 5.69 Å².